The Morgan fingerprint density at radius 1 is 1.45 bits per heavy atom. The number of aromatic nitrogens is 3. The number of H-pyrrole nitrogens is 1. The molecule has 0 aliphatic carbocycles. The van der Waals surface area contributed by atoms with E-state index >= 15 is 0 Å². The second-order valence-corrected chi connectivity index (χ2v) is 5.82. The quantitative estimate of drug-likeness (QED) is 0.632. The fourth-order valence-electron chi connectivity index (χ4n) is 1.90. The molecule has 0 amide bonds. The number of aryl methyl sites for hydroxylation is 2. The average molecular weight is 356 g/mol. The number of hydrogen-bond donors (Lipinski definition) is 1. The molecule has 0 radical (unpaired) electrons. The van der Waals surface area contributed by atoms with Gasteiger partial charge in [0.1, 0.15) is 11.6 Å². The van der Waals surface area contributed by atoms with Gasteiger partial charge in [0.2, 0.25) is 0 Å². The number of ether oxygens (including phenoxy) is 1. The second kappa shape index (κ2) is 7.04. The van der Waals surface area contributed by atoms with Gasteiger partial charge in [-0.25, -0.2) is 0 Å². The lowest BCUT2D eigenvalue weighted by Crippen LogP contribution is -2.04. The Morgan fingerprint density at radius 2 is 2.25 bits per heavy atom. The molecule has 0 aliphatic heterocycles. The molecule has 4 nitrogen and oxygen atoms in total. The third kappa shape index (κ3) is 3.70. The van der Waals surface area contributed by atoms with Crippen molar-refractivity contribution in [2.75, 3.05) is 6.61 Å². The van der Waals surface area contributed by atoms with Gasteiger partial charge < -0.3 is 9.30 Å². The van der Waals surface area contributed by atoms with E-state index < -0.39 is 0 Å². The van der Waals surface area contributed by atoms with Crippen LogP contribution in [0.1, 0.15) is 24.7 Å². The maximum atomic E-state index is 5.78. The number of halogens is 1. The minimum absolute atomic E-state index is 0.652. The van der Waals surface area contributed by atoms with Crippen molar-refractivity contribution in [3.63, 3.8) is 0 Å². The molecular formula is C14H18BrN3OS. The SMILES string of the molecule is CCc1ccc(OCCCc2n[nH]c(=S)n2C)c(Br)c1. The van der Waals surface area contributed by atoms with E-state index in [9.17, 15) is 0 Å². The van der Waals surface area contributed by atoms with E-state index in [0.29, 0.717) is 11.4 Å². The van der Waals surface area contributed by atoms with Crippen LogP contribution in [-0.4, -0.2) is 21.4 Å². The zero-order valence-corrected chi connectivity index (χ0v) is 14.1. The van der Waals surface area contributed by atoms with Crippen molar-refractivity contribution in [1.29, 1.82) is 0 Å². The van der Waals surface area contributed by atoms with Crippen LogP contribution < -0.4 is 4.74 Å². The highest BCUT2D eigenvalue weighted by molar-refractivity contribution is 9.10. The molecule has 0 fully saturated rings. The molecule has 1 heterocycles. The zero-order valence-electron chi connectivity index (χ0n) is 11.6. The summed E-state index contributed by atoms with van der Waals surface area (Å²) in [7, 11) is 1.92. The van der Waals surface area contributed by atoms with Gasteiger partial charge in [0, 0.05) is 13.5 Å². The van der Waals surface area contributed by atoms with Gasteiger partial charge in [0.25, 0.3) is 0 Å². The van der Waals surface area contributed by atoms with E-state index in [-0.39, 0.29) is 0 Å². The molecule has 0 spiro atoms. The summed E-state index contributed by atoms with van der Waals surface area (Å²) in [5, 5.41) is 6.97. The lowest BCUT2D eigenvalue weighted by molar-refractivity contribution is 0.307. The Labute approximate surface area is 132 Å². The van der Waals surface area contributed by atoms with Crippen LogP contribution in [0.25, 0.3) is 0 Å². The fraction of sp³-hybridized carbons (Fsp3) is 0.429. The van der Waals surface area contributed by atoms with Gasteiger partial charge in [0.15, 0.2) is 4.77 Å². The van der Waals surface area contributed by atoms with Crippen molar-refractivity contribution in [3.05, 3.63) is 38.8 Å². The minimum Gasteiger partial charge on any atom is -0.492 e. The largest absolute Gasteiger partial charge is 0.492 e. The normalized spacial score (nSPS) is 10.8. The highest BCUT2D eigenvalue weighted by atomic mass is 79.9. The van der Waals surface area contributed by atoms with Gasteiger partial charge in [-0.3, -0.25) is 5.10 Å². The van der Waals surface area contributed by atoms with Gasteiger partial charge in [0.05, 0.1) is 11.1 Å². The molecule has 0 bridgehead atoms. The molecule has 0 atom stereocenters. The molecule has 0 saturated heterocycles. The first-order valence-corrected chi connectivity index (χ1v) is 7.83. The van der Waals surface area contributed by atoms with Gasteiger partial charge in [-0.1, -0.05) is 13.0 Å². The first-order chi connectivity index (χ1) is 9.61. The predicted octanol–water partition coefficient (Wildman–Crippen LogP) is 3.81. The molecule has 0 unspecified atom stereocenters. The Balaban J connectivity index is 1.84. The highest BCUT2D eigenvalue weighted by Crippen LogP contribution is 2.26. The topological polar surface area (TPSA) is 42.8 Å². The van der Waals surface area contributed by atoms with E-state index in [2.05, 4.69) is 45.2 Å². The lowest BCUT2D eigenvalue weighted by Gasteiger charge is -2.09. The molecule has 2 rings (SSSR count). The average Bonchev–Trinajstić information content (AvgIpc) is 2.76. The molecule has 2 aromatic rings. The van der Waals surface area contributed by atoms with Crippen LogP contribution in [0.3, 0.4) is 0 Å². The highest BCUT2D eigenvalue weighted by Gasteiger charge is 2.04. The molecule has 1 aromatic heterocycles. The van der Waals surface area contributed by atoms with E-state index in [1.165, 1.54) is 5.56 Å². The van der Waals surface area contributed by atoms with Crippen LogP contribution >= 0.6 is 28.1 Å². The molecular weight excluding hydrogens is 338 g/mol. The molecule has 0 aliphatic rings. The third-order valence-corrected chi connectivity index (χ3v) is 4.16. The predicted molar refractivity (Wildman–Crippen MR) is 85.7 cm³/mol. The van der Waals surface area contributed by atoms with Gasteiger partial charge in [-0.2, -0.15) is 5.10 Å². The van der Waals surface area contributed by atoms with Crippen LogP contribution in [0.5, 0.6) is 5.75 Å². The summed E-state index contributed by atoms with van der Waals surface area (Å²) in [5.41, 5.74) is 1.30. The lowest BCUT2D eigenvalue weighted by atomic mass is 10.2. The van der Waals surface area contributed by atoms with Crippen molar-refractivity contribution in [3.8, 4) is 5.75 Å². The van der Waals surface area contributed by atoms with Gasteiger partial charge in [-0.15, -0.1) is 0 Å². The number of nitrogens with one attached hydrogen (secondary N) is 1. The molecule has 1 aromatic carbocycles. The standard InChI is InChI=1S/C14H18BrN3OS/c1-3-10-6-7-12(11(15)9-10)19-8-4-5-13-16-17-14(20)18(13)2/h6-7,9H,3-5,8H2,1-2H3,(H,17,20). The first kappa shape index (κ1) is 15.3. The Kier molecular flexibility index (Phi) is 5.37. The number of aromatic amines is 1. The number of rotatable bonds is 6. The maximum Gasteiger partial charge on any atom is 0.194 e. The second-order valence-electron chi connectivity index (χ2n) is 4.57. The number of benzene rings is 1. The summed E-state index contributed by atoms with van der Waals surface area (Å²) in [4.78, 5) is 0. The summed E-state index contributed by atoms with van der Waals surface area (Å²) in [6, 6.07) is 6.21. The third-order valence-electron chi connectivity index (χ3n) is 3.18. The van der Waals surface area contributed by atoms with E-state index in [4.69, 9.17) is 17.0 Å². The molecule has 20 heavy (non-hydrogen) atoms. The van der Waals surface area contributed by atoms with Crippen molar-refractivity contribution >= 4 is 28.1 Å². The van der Waals surface area contributed by atoms with Crippen LogP contribution in [0.2, 0.25) is 0 Å². The van der Waals surface area contributed by atoms with Crippen LogP contribution in [-0.2, 0) is 19.9 Å². The summed E-state index contributed by atoms with van der Waals surface area (Å²) < 4.78 is 9.34. The van der Waals surface area contributed by atoms with E-state index in [0.717, 1.165) is 35.3 Å². The Morgan fingerprint density at radius 3 is 2.85 bits per heavy atom. The zero-order chi connectivity index (χ0) is 14.5. The number of hydrogen-bond acceptors (Lipinski definition) is 3. The summed E-state index contributed by atoms with van der Waals surface area (Å²) in [6.07, 6.45) is 2.77. The Bertz CT molecular complexity index is 636. The monoisotopic (exact) mass is 355 g/mol. The Hall–Kier alpha value is -1.14. The summed E-state index contributed by atoms with van der Waals surface area (Å²) in [5.74, 6) is 1.84. The molecule has 0 saturated carbocycles. The summed E-state index contributed by atoms with van der Waals surface area (Å²) in [6.45, 7) is 2.79. The van der Waals surface area contributed by atoms with Crippen LogP contribution in [0.4, 0.5) is 0 Å². The first-order valence-electron chi connectivity index (χ1n) is 6.63. The van der Waals surface area contributed by atoms with Crippen molar-refractivity contribution < 1.29 is 4.74 Å². The fourth-order valence-corrected chi connectivity index (χ4v) is 2.59. The molecule has 6 heteroatoms. The van der Waals surface area contributed by atoms with Gasteiger partial charge >= 0.3 is 0 Å². The van der Waals surface area contributed by atoms with E-state index in [1.54, 1.807) is 0 Å². The minimum atomic E-state index is 0.652. The van der Waals surface area contributed by atoms with Gasteiger partial charge in [-0.05, 0) is 58.7 Å². The van der Waals surface area contributed by atoms with E-state index in [1.807, 2.05) is 17.7 Å². The van der Waals surface area contributed by atoms with Crippen molar-refractivity contribution in [2.45, 2.75) is 26.2 Å². The molecule has 1 N–H and O–H groups in total. The van der Waals surface area contributed by atoms with Crippen LogP contribution in [0.15, 0.2) is 22.7 Å². The van der Waals surface area contributed by atoms with Crippen LogP contribution in [0, 0.1) is 4.77 Å². The van der Waals surface area contributed by atoms with Crippen molar-refractivity contribution in [1.82, 2.24) is 14.8 Å². The number of nitrogens with zero attached hydrogens (tertiary/aromatic N) is 2. The molecule has 108 valence electrons. The maximum absolute atomic E-state index is 5.78. The van der Waals surface area contributed by atoms with Crippen molar-refractivity contribution in [2.24, 2.45) is 7.05 Å². The summed E-state index contributed by atoms with van der Waals surface area (Å²) >= 11 is 8.62. The smallest absolute Gasteiger partial charge is 0.194 e.